The Bertz CT molecular complexity index is 960. The number of benzene rings is 2. The van der Waals surface area contributed by atoms with Gasteiger partial charge in [-0.1, -0.05) is 44.2 Å². The van der Waals surface area contributed by atoms with Gasteiger partial charge in [-0.2, -0.15) is 26.3 Å². The number of carbonyl (C=O) groups excluding carboxylic acids is 1. The minimum Gasteiger partial charge on any atom is -0.351 e. The molecule has 2 aromatic carbocycles. The molecule has 2 aromatic rings. The quantitative estimate of drug-likeness (QED) is 0.353. The van der Waals surface area contributed by atoms with Crippen molar-refractivity contribution in [1.29, 1.82) is 0 Å². The molecule has 10 heteroatoms. The van der Waals surface area contributed by atoms with Crippen LogP contribution in [0.3, 0.4) is 0 Å². The molecule has 0 spiro atoms. The maximum Gasteiger partial charge on any atom is 0.416 e. The zero-order valence-electron chi connectivity index (χ0n) is 21.5. The highest BCUT2D eigenvalue weighted by atomic mass is 19.4. The first-order valence-electron chi connectivity index (χ1n) is 12.2. The van der Waals surface area contributed by atoms with Crippen molar-refractivity contribution in [3.63, 3.8) is 0 Å². The van der Waals surface area contributed by atoms with Crippen molar-refractivity contribution in [2.24, 2.45) is 5.92 Å². The third-order valence-electron chi connectivity index (χ3n) is 6.02. The topological polar surface area (TPSA) is 44.4 Å². The van der Waals surface area contributed by atoms with E-state index in [1.54, 1.807) is 0 Å². The summed E-state index contributed by atoms with van der Waals surface area (Å²) < 4.78 is 79.3. The third-order valence-corrected chi connectivity index (χ3v) is 6.02. The van der Waals surface area contributed by atoms with Crippen LogP contribution in [0.5, 0.6) is 0 Å². The molecule has 206 valence electrons. The molecule has 0 fully saturated rings. The maximum absolute atomic E-state index is 13.2. The van der Waals surface area contributed by atoms with Crippen LogP contribution in [0.2, 0.25) is 0 Å². The van der Waals surface area contributed by atoms with Crippen molar-refractivity contribution in [2.75, 3.05) is 27.2 Å². The van der Waals surface area contributed by atoms with Gasteiger partial charge in [0.1, 0.15) is 0 Å². The molecule has 0 saturated carbocycles. The predicted molar refractivity (Wildman–Crippen MR) is 132 cm³/mol. The van der Waals surface area contributed by atoms with E-state index in [2.05, 4.69) is 29.4 Å². The molecule has 0 heterocycles. The monoisotopic (exact) mass is 531 g/mol. The van der Waals surface area contributed by atoms with Crippen molar-refractivity contribution in [3.8, 4) is 0 Å². The number of likely N-dealkylation sites (N-methyl/N-ethyl adjacent to an activating group) is 2. The Hall–Kier alpha value is -2.59. The van der Waals surface area contributed by atoms with Gasteiger partial charge >= 0.3 is 12.4 Å². The van der Waals surface area contributed by atoms with Gasteiger partial charge in [-0.3, -0.25) is 4.79 Å². The number of carbonyl (C=O) groups is 1. The normalized spacial score (nSPS) is 14.2. The van der Waals surface area contributed by atoms with Gasteiger partial charge in [0.2, 0.25) is 5.91 Å². The number of halogens is 6. The van der Waals surface area contributed by atoms with Gasteiger partial charge in [-0.05, 0) is 62.2 Å². The molecule has 2 rings (SSSR count). The summed E-state index contributed by atoms with van der Waals surface area (Å²) in [6, 6.07) is 10.4. The van der Waals surface area contributed by atoms with Crippen LogP contribution in [0.1, 0.15) is 42.5 Å². The van der Waals surface area contributed by atoms with Gasteiger partial charge in [0.05, 0.1) is 17.5 Å². The standard InChI is InChI=1S/C27H35F6N3O/c1-18(2)10-24(16-34-3)36(4)17-23(13-19-8-6-5-7-9-19)35-25(37)14-20-11-21(26(28,29)30)15-22(12-20)27(31,32)33/h5-9,11-12,15,18,23-24,34H,10,13-14,16-17H2,1-4H3,(H,35,37). The summed E-state index contributed by atoms with van der Waals surface area (Å²) in [6.45, 7) is 5.41. The van der Waals surface area contributed by atoms with Crippen molar-refractivity contribution in [1.82, 2.24) is 15.5 Å². The van der Waals surface area contributed by atoms with Crippen molar-refractivity contribution < 1.29 is 31.1 Å². The molecule has 2 N–H and O–H groups in total. The van der Waals surface area contributed by atoms with Gasteiger partial charge in [0.15, 0.2) is 0 Å². The molecular formula is C27H35F6N3O. The number of nitrogens with one attached hydrogen (secondary N) is 2. The molecule has 0 bridgehead atoms. The number of hydrogen-bond donors (Lipinski definition) is 2. The molecule has 0 aliphatic heterocycles. The fraction of sp³-hybridized carbons (Fsp3) is 0.519. The zero-order chi connectivity index (χ0) is 27.8. The Labute approximate surface area is 214 Å². The smallest absolute Gasteiger partial charge is 0.351 e. The molecule has 2 atom stereocenters. The molecule has 37 heavy (non-hydrogen) atoms. The minimum absolute atomic E-state index is 0.0607. The van der Waals surface area contributed by atoms with Gasteiger partial charge < -0.3 is 15.5 Å². The predicted octanol–water partition coefficient (Wildman–Crippen LogP) is 5.56. The lowest BCUT2D eigenvalue weighted by Gasteiger charge is -2.33. The highest BCUT2D eigenvalue weighted by molar-refractivity contribution is 5.79. The summed E-state index contributed by atoms with van der Waals surface area (Å²) in [5.41, 5.74) is -2.27. The number of hydrogen-bond acceptors (Lipinski definition) is 3. The van der Waals surface area contributed by atoms with Gasteiger partial charge in [-0.15, -0.1) is 0 Å². The van der Waals surface area contributed by atoms with Crippen LogP contribution in [0.25, 0.3) is 0 Å². The Morgan fingerprint density at radius 2 is 1.49 bits per heavy atom. The largest absolute Gasteiger partial charge is 0.416 e. The molecule has 0 aliphatic rings. The first-order valence-corrected chi connectivity index (χ1v) is 12.2. The minimum atomic E-state index is -4.97. The van der Waals surface area contributed by atoms with E-state index in [0.717, 1.165) is 18.5 Å². The van der Waals surface area contributed by atoms with Crippen LogP contribution in [0.4, 0.5) is 26.3 Å². The fourth-order valence-electron chi connectivity index (χ4n) is 4.34. The molecule has 0 saturated heterocycles. The van der Waals surface area contributed by atoms with Crippen molar-refractivity contribution >= 4 is 5.91 Å². The SMILES string of the molecule is CNCC(CC(C)C)N(C)CC(Cc1ccccc1)NC(=O)Cc1cc(C(F)(F)F)cc(C(F)(F)F)c1. The van der Waals surface area contributed by atoms with E-state index in [1.165, 1.54) is 0 Å². The summed E-state index contributed by atoms with van der Waals surface area (Å²) in [4.78, 5) is 15.0. The summed E-state index contributed by atoms with van der Waals surface area (Å²) in [6.07, 6.45) is -9.17. The lowest BCUT2D eigenvalue weighted by atomic mass is 10.00. The Morgan fingerprint density at radius 3 is 1.97 bits per heavy atom. The van der Waals surface area contributed by atoms with E-state index in [-0.39, 0.29) is 17.7 Å². The van der Waals surface area contributed by atoms with Gasteiger partial charge in [0, 0.05) is 25.2 Å². The van der Waals surface area contributed by atoms with Crippen LogP contribution < -0.4 is 10.6 Å². The van der Waals surface area contributed by atoms with Gasteiger partial charge in [-0.25, -0.2) is 0 Å². The second-order valence-corrected chi connectivity index (χ2v) is 9.83. The van der Waals surface area contributed by atoms with Crippen LogP contribution >= 0.6 is 0 Å². The number of nitrogens with zero attached hydrogens (tertiary/aromatic N) is 1. The first-order chi connectivity index (χ1) is 17.2. The lowest BCUT2D eigenvalue weighted by molar-refractivity contribution is -0.143. The number of amides is 1. The summed E-state index contributed by atoms with van der Waals surface area (Å²) in [7, 11) is 3.80. The van der Waals surface area contributed by atoms with E-state index < -0.39 is 41.8 Å². The van der Waals surface area contributed by atoms with E-state index in [4.69, 9.17) is 0 Å². The average molecular weight is 532 g/mol. The van der Waals surface area contributed by atoms with Crippen LogP contribution in [0.15, 0.2) is 48.5 Å². The Morgan fingerprint density at radius 1 is 0.919 bits per heavy atom. The molecule has 0 aromatic heterocycles. The van der Waals surface area contributed by atoms with E-state index in [0.29, 0.717) is 31.0 Å². The summed E-state index contributed by atoms with van der Waals surface area (Å²) in [5.74, 6) is -0.206. The van der Waals surface area contributed by atoms with Crippen molar-refractivity contribution in [3.05, 3.63) is 70.8 Å². The lowest BCUT2D eigenvalue weighted by Crippen LogP contribution is -2.49. The maximum atomic E-state index is 13.2. The Kier molecular flexibility index (Phi) is 11.0. The van der Waals surface area contributed by atoms with Gasteiger partial charge in [0.25, 0.3) is 0 Å². The van der Waals surface area contributed by atoms with E-state index >= 15 is 0 Å². The summed E-state index contributed by atoms with van der Waals surface area (Å²) >= 11 is 0. The summed E-state index contributed by atoms with van der Waals surface area (Å²) in [5, 5.41) is 6.02. The number of alkyl halides is 6. The molecule has 1 amide bonds. The molecule has 4 nitrogen and oxygen atoms in total. The fourth-order valence-corrected chi connectivity index (χ4v) is 4.34. The van der Waals surface area contributed by atoms with E-state index in [9.17, 15) is 31.1 Å². The van der Waals surface area contributed by atoms with E-state index in [1.807, 2.05) is 44.4 Å². The third kappa shape index (κ3) is 10.4. The molecular weight excluding hydrogens is 496 g/mol. The highest BCUT2D eigenvalue weighted by Gasteiger charge is 2.37. The molecule has 2 unspecified atom stereocenters. The van der Waals surface area contributed by atoms with Crippen LogP contribution in [-0.2, 0) is 30.0 Å². The second kappa shape index (κ2) is 13.3. The number of rotatable bonds is 12. The van der Waals surface area contributed by atoms with Crippen molar-refractivity contribution in [2.45, 2.75) is 57.5 Å². The Balaban J connectivity index is 2.25. The van der Waals surface area contributed by atoms with Crippen LogP contribution in [0, 0.1) is 5.92 Å². The first kappa shape index (κ1) is 30.6. The highest BCUT2D eigenvalue weighted by Crippen LogP contribution is 2.36. The average Bonchev–Trinajstić information content (AvgIpc) is 2.77. The zero-order valence-corrected chi connectivity index (χ0v) is 21.5. The van der Waals surface area contributed by atoms with Crippen LogP contribution in [-0.4, -0.2) is 50.1 Å². The molecule has 0 radical (unpaired) electrons. The second-order valence-electron chi connectivity index (χ2n) is 9.83. The molecule has 0 aliphatic carbocycles.